The summed E-state index contributed by atoms with van der Waals surface area (Å²) in [7, 11) is 0. The second-order valence-electron chi connectivity index (χ2n) is 6.72. The third-order valence-corrected chi connectivity index (χ3v) is 7.28. The standard InChI is InChI=1S/C19H18N2O4S2.Na/c1-9-14-13(10(2)22)17(23)21(14)15(18(24)25)16(9)27-19-20-12(8-26-19)11-6-4-3-5-7-11;/h3-10,13-14,22H,1-2H3,(H,24,25);/q;+1/p-1/t9-,10-,13-,14-;/m1./s1. The van der Waals surface area contributed by atoms with Crippen LogP contribution in [0.15, 0.2) is 50.7 Å². The Balaban J connectivity index is 0.00000225. The monoisotopic (exact) mass is 424 g/mol. The molecule has 2 aliphatic rings. The van der Waals surface area contributed by atoms with Crippen LogP contribution in [0.5, 0.6) is 0 Å². The van der Waals surface area contributed by atoms with Gasteiger partial charge in [0.2, 0.25) is 5.91 Å². The zero-order valence-corrected chi connectivity index (χ0v) is 19.3. The van der Waals surface area contributed by atoms with Gasteiger partial charge >= 0.3 is 29.6 Å². The number of carboxylic acids is 1. The number of aromatic nitrogens is 1. The number of thioether (sulfide) groups is 1. The number of carboxylic acid groups (broad SMARTS) is 1. The Morgan fingerprint density at radius 1 is 1.36 bits per heavy atom. The molecule has 1 amide bonds. The van der Waals surface area contributed by atoms with E-state index in [9.17, 15) is 19.8 Å². The molecule has 2 aliphatic heterocycles. The second-order valence-corrected chi connectivity index (χ2v) is 8.87. The molecule has 4 rings (SSSR count). The number of aliphatic hydroxyl groups excluding tert-OH is 1. The Hall–Kier alpha value is -1.16. The van der Waals surface area contributed by atoms with Crippen molar-refractivity contribution in [3.63, 3.8) is 0 Å². The molecular formula is C19H17N2NaO4S2. The second kappa shape index (κ2) is 8.30. The third kappa shape index (κ3) is 3.46. The molecule has 3 heterocycles. The number of β-lactam (4-membered cyclic amide) rings is 1. The predicted octanol–water partition coefficient (Wildman–Crippen LogP) is -1.27. The van der Waals surface area contributed by atoms with E-state index in [0.717, 1.165) is 11.3 Å². The molecule has 140 valence electrons. The largest absolute Gasteiger partial charge is 1.00 e. The van der Waals surface area contributed by atoms with Crippen LogP contribution in [0.1, 0.15) is 13.8 Å². The van der Waals surface area contributed by atoms with Crippen LogP contribution in [0.3, 0.4) is 0 Å². The Morgan fingerprint density at radius 2 is 2.04 bits per heavy atom. The maximum absolute atomic E-state index is 12.4. The van der Waals surface area contributed by atoms with Crippen LogP contribution >= 0.6 is 23.1 Å². The summed E-state index contributed by atoms with van der Waals surface area (Å²) in [6.45, 7) is 3.44. The summed E-state index contributed by atoms with van der Waals surface area (Å²) in [6, 6.07) is 9.38. The molecule has 6 nitrogen and oxygen atoms in total. The van der Waals surface area contributed by atoms with Gasteiger partial charge < -0.3 is 19.9 Å². The number of thiazole rings is 1. The number of benzene rings is 1. The minimum absolute atomic E-state index is 0. The van der Waals surface area contributed by atoms with Crippen molar-refractivity contribution in [2.45, 2.75) is 30.3 Å². The zero-order chi connectivity index (χ0) is 19.3. The van der Waals surface area contributed by atoms with E-state index in [0.29, 0.717) is 9.24 Å². The first-order chi connectivity index (χ1) is 12.9. The van der Waals surface area contributed by atoms with Crippen molar-refractivity contribution in [3.8, 4) is 11.3 Å². The SMILES string of the molecule is C[C@@H](O)[C@H]1C(=O)N2C(C(=O)[O-])=C(Sc3nc(-c4ccccc4)cs3)[C@H](C)[C@H]12.[Na+]. The van der Waals surface area contributed by atoms with Gasteiger partial charge in [-0.2, -0.15) is 0 Å². The number of hydrogen-bond donors (Lipinski definition) is 1. The van der Waals surface area contributed by atoms with Crippen molar-refractivity contribution in [3.05, 3.63) is 46.3 Å². The van der Waals surface area contributed by atoms with Crippen molar-refractivity contribution >= 4 is 35.0 Å². The minimum Gasteiger partial charge on any atom is -0.543 e. The summed E-state index contributed by atoms with van der Waals surface area (Å²) in [4.78, 5) is 30.5. The number of rotatable bonds is 5. The quantitative estimate of drug-likeness (QED) is 0.475. The van der Waals surface area contributed by atoms with Gasteiger partial charge in [-0.05, 0) is 6.92 Å². The molecule has 1 N–H and O–H groups in total. The Bertz CT molecular complexity index is 944. The molecule has 28 heavy (non-hydrogen) atoms. The van der Waals surface area contributed by atoms with Crippen LogP contribution in [0, 0.1) is 11.8 Å². The molecule has 1 fully saturated rings. The van der Waals surface area contributed by atoms with Crippen molar-refractivity contribution < 1.29 is 49.4 Å². The van der Waals surface area contributed by atoms with Crippen LogP contribution in [-0.2, 0) is 9.59 Å². The zero-order valence-electron chi connectivity index (χ0n) is 15.7. The topological polar surface area (TPSA) is 93.6 Å². The van der Waals surface area contributed by atoms with Gasteiger partial charge in [0.25, 0.3) is 0 Å². The van der Waals surface area contributed by atoms with E-state index in [2.05, 4.69) is 4.98 Å². The van der Waals surface area contributed by atoms with Gasteiger partial charge in [0, 0.05) is 21.8 Å². The van der Waals surface area contributed by atoms with Gasteiger partial charge in [0.15, 0.2) is 4.34 Å². The van der Waals surface area contributed by atoms with Crippen LogP contribution in [0.2, 0.25) is 0 Å². The summed E-state index contributed by atoms with van der Waals surface area (Å²) in [5.41, 5.74) is 1.73. The fraction of sp³-hybridized carbons (Fsp3) is 0.316. The fourth-order valence-electron chi connectivity index (χ4n) is 3.79. The van der Waals surface area contributed by atoms with Crippen molar-refractivity contribution in [1.82, 2.24) is 9.88 Å². The molecule has 0 radical (unpaired) electrons. The van der Waals surface area contributed by atoms with Gasteiger partial charge in [-0.15, -0.1) is 11.3 Å². The summed E-state index contributed by atoms with van der Waals surface area (Å²) in [5, 5.41) is 23.5. The summed E-state index contributed by atoms with van der Waals surface area (Å²) in [6.07, 6.45) is -0.821. The number of hydrogen-bond acceptors (Lipinski definition) is 7. The Kier molecular flexibility index (Phi) is 6.38. The maximum atomic E-state index is 12.4. The van der Waals surface area contributed by atoms with Gasteiger partial charge in [0.05, 0.1) is 35.4 Å². The van der Waals surface area contributed by atoms with Crippen molar-refractivity contribution in [2.75, 3.05) is 0 Å². The number of aliphatic carboxylic acids is 1. The summed E-state index contributed by atoms with van der Waals surface area (Å²) >= 11 is 2.69. The number of aliphatic hydroxyl groups is 1. The molecule has 0 saturated carbocycles. The average Bonchev–Trinajstić information content (AvgIpc) is 3.18. The van der Waals surface area contributed by atoms with Crippen LogP contribution in [-0.4, -0.2) is 39.0 Å². The van der Waals surface area contributed by atoms with E-state index in [4.69, 9.17) is 0 Å². The molecule has 0 bridgehead atoms. The number of amides is 1. The van der Waals surface area contributed by atoms with Gasteiger partial charge in [-0.25, -0.2) is 4.98 Å². The molecular weight excluding hydrogens is 407 g/mol. The minimum atomic E-state index is -1.37. The van der Waals surface area contributed by atoms with Crippen LogP contribution in [0.25, 0.3) is 11.3 Å². The van der Waals surface area contributed by atoms with E-state index >= 15 is 0 Å². The molecule has 4 atom stereocenters. The first-order valence-electron chi connectivity index (χ1n) is 8.55. The van der Waals surface area contributed by atoms with Gasteiger partial charge in [-0.1, -0.05) is 49.0 Å². The maximum Gasteiger partial charge on any atom is 1.00 e. The van der Waals surface area contributed by atoms with E-state index in [1.807, 2.05) is 42.6 Å². The number of carbonyl (C=O) groups excluding carboxylic acids is 2. The third-order valence-electron chi connectivity index (χ3n) is 5.05. The summed E-state index contributed by atoms with van der Waals surface area (Å²) < 4.78 is 0.706. The van der Waals surface area contributed by atoms with E-state index in [1.54, 1.807) is 6.92 Å². The van der Waals surface area contributed by atoms with Crippen molar-refractivity contribution in [2.24, 2.45) is 11.8 Å². The fourth-order valence-corrected chi connectivity index (χ4v) is 5.88. The molecule has 0 unspecified atom stereocenters. The van der Waals surface area contributed by atoms with Crippen molar-refractivity contribution in [1.29, 1.82) is 0 Å². The molecule has 0 aliphatic carbocycles. The first kappa shape index (κ1) is 21.5. The number of fused-ring (bicyclic) bond motifs is 1. The average molecular weight is 424 g/mol. The molecule has 0 spiro atoms. The predicted molar refractivity (Wildman–Crippen MR) is 100 cm³/mol. The molecule has 9 heteroatoms. The van der Waals surface area contributed by atoms with E-state index in [-0.39, 0.29) is 53.1 Å². The van der Waals surface area contributed by atoms with E-state index in [1.165, 1.54) is 28.0 Å². The number of nitrogens with zero attached hydrogens (tertiary/aromatic N) is 2. The Morgan fingerprint density at radius 3 is 2.64 bits per heavy atom. The molecule has 1 aromatic carbocycles. The summed E-state index contributed by atoms with van der Waals surface area (Å²) in [5.74, 6) is -2.52. The molecule has 1 aromatic heterocycles. The van der Waals surface area contributed by atoms with Gasteiger partial charge in [0.1, 0.15) is 0 Å². The Labute approximate surface area is 193 Å². The van der Waals surface area contributed by atoms with Crippen LogP contribution < -0.4 is 34.7 Å². The van der Waals surface area contributed by atoms with E-state index < -0.39 is 18.0 Å². The molecule has 1 saturated heterocycles. The first-order valence-corrected chi connectivity index (χ1v) is 10.2. The smallest absolute Gasteiger partial charge is 0.543 e. The normalized spacial score (nSPS) is 24.5. The van der Waals surface area contributed by atoms with Gasteiger partial charge in [-0.3, -0.25) is 4.79 Å². The number of carbonyl (C=O) groups is 2. The van der Waals surface area contributed by atoms with Crippen LogP contribution in [0.4, 0.5) is 0 Å². The molecule has 2 aromatic rings.